The zero-order valence-electron chi connectivity index (χ0n) is 15.1. The molecule has 5 nitrogen and oxygen atoms in total. The van der Waals surface area contributed by atoms with Crippen LogP contribution in [0.5, 0.6) is 0 Å². The molecule has 1 amide bonds. The SMILES string of the molecule is CC(C)c1ccc(CCNC(=O)CN(C)Cc2cnn(C)c2)cc1. The summed E-state index contributed by atoms with van der Waals surface area (Å²) in [6.45, 7) is 6.16. The van der Waals surface area contributed by atoms with Gasteiger partial charge in [0, 0.05) is 31.9 Å². The summed E-state index contributed by atoms with van der Waals surface area (Å²) in [5.41, 5.74) is 3.71. The fourth-order valence-electron chi connectivity index (χ4n) is 2.64. The molecule has 0 aliphatic heterocycles. The van der Waals surface area contributed by atoms with Crippen molar-refractivity contribution in [2.75, 3.05) is 20.1 Å². The van der Waals surface area contributed by atoms with Crippen LogP contribution >= 0.6 is 0 Å². The molecule has 0 atom stereocenters. The van der Waals surface area contributed by atoms with E-state index in [2.05, 4.69) is 48.5 Å². The molecule has 1 heterocycles. The third-order valence-corrected chi connectivity index (χ3v) is 4.01. The number of rotatable bonds is 8. The van der Waals surface area contributed by atoms with Gasteiger partial charge in [0.05, 0.1) is 12.7 Å². The average Bonchev–Trinajstić information content (AvgIpc) is 2.92. The maximum absolute atomic E-state index is 12.0. The van der Waals surface area contributed by atoms with E-state index in [4.69, 9.17) is 0 Å². The van der Waals surface area contributed by atoms with Crippen molar-refractivity contribution in [2.24, 2.45) is 7.05 Å². The fraction of sp³-hybridized carbons (Fsp3) is 0.474. The van der Waals surface area contributed by atoms with Crippen molar-refractivity contribution in [1.29, 1.82) is 0 Å². The number of nitrogens with zero attached hydrogens (tertiary/aromatic N) is 3. The maximum Gasteiger partial charge on any atom is 0.234 e. The lowest BCUT2D eigenvalue weighted by molar-refractivity contribution is -0.122. The van der Waals surface area contributed by atoms with Crippen LogP contribution in [-0.2, 0) is 24.8 Å². The molecule has 0 aliphatic carbocycles. The minimum Gasteiger partial charge on any atom is -0.355 e. The van der Waals surface area contributed by atoms with Crippen molar-refractivity contribution >= 4 is 5.91 Å². The van der Waals surface area contributed by atoms with E-state index >= 15 is 0 Å². The first-order valence-corrected chi connectivity index (χ1v) is 8.45. The summed E-state index contributed by atoms with van der Waals surface area (Å²) in [5, 5.41) is 7.13. The van der Waals surface area contributed by atoms with Gasteiger partial charge in [0.1, 0.15) is 0 Å². The first-order valence-electron chi connectivity index (χ1n) is 8.45. The summed E-state index contributed by atoms with van der Waals surface area (Å²) in [6.07, 6.45) is 4.65. The van der Waals surface area contributed by atoms with E-state index in [1.165, 1.54) is 11.1 Å². The van der Waals surface area contributed by atoms with E-state index in [1.807, 2.05) is 31.4 Å². The number of benzene rings is 1. The number of carbonyl (C=O) groups is 1. The van der Waals surface area contributed by atoms with Gasteiger partial charge >= 0.3 is 0 Å². The van der Waals surface area contributed by atoms with E-state index < -0.39 is 0 Å². The Morgan fingerprint density at radius 3 is 2.54 bits per heavy atom. The lowest BCUT2D eigenvalue weighted by atomic mass is 10.0. The number of amides is 1. The van der Waals surface area contributed by atoms with Crippen molar-refractivity contribution < 1.29 is 4.79 Å². The molecular weight excluding hydrogens is 300 g/mol. The number of aryl methyl sites for hydroxylation is 1. The Kier molecular flexibility index (Phi) is 6.55. The molecule has 0 saturated carbocycles. The first kappa shape index (κ1) is 18.2. The van der Waals surface area contributed by atoms with Crippen molar-refractivity contribution in [3.8, 4) is 0 Å². The molecule has 5 heteroatoms. The molecule has 0 saturated heterocycles. The van der Waals surface area contributed by atoms with Crippen molar-refractivity contribution in [3.05, 3.63) is 53.3 Å². The quantitative estimate of drug-likeness (QED) is 0.809. The molecule has 0 bridgehead atoms. The third kappa shape index (κ3) is 5.81. The van der Waals surface area contributed by atoms with Crippen molar-refractivity contribution in [1.82, 2.24) is 20.0 Å². The van der Waals surface area contributed by atoms with Crippen molar-refractivity contribution in [2.45, 2.75) is 32.7 Å². The lowest BCUT2D eigenvalue weighted by Gasteiger charge is -2.15. The van der Waals surface area contributed by atoms with Crippen LogP contribution in [0, 0.1) is 0 Å². The minimum absolute atomic E-state index is 0.0557. The normalized spacial score (nSPS) is 11.2. The summed E-state index contributed by atoms with van der Waals surface area (Å²) in [4.78, 5) is 14.0. The summed E-state index contributed by atoms with van der Waals surface area (Å²) in [6, 6.07) is 8.64. The lowest BCUT2D eigenvalue weighted by Crippen LogP contribution is -2.35. The second-order valence-electron chi connectivity index (χ2n) is 6.69. The Hall–Kier alpha value is -2.14. The van der Waals surface area contributed by atoms with Crippen LogP contribution in [0.25, 0.3) is 0 Å². The van der Waals surface area contributed by atoms with Gasteiger partial charge in [0.15, 0.2) is 0 Å². The molecule has 130 valence electrons. The van der Waals surface area contributed by atoms with Gasteiger partial charge < -0.3 is 5.32 Å². The van der Waals surface area contributed by atoms with Crippen LogP contribution in [-0.4, -0.2) is 40.7 Å². The molecule has 0 radical (unpaired) electrons. The average molecular weight is 328 g/mol. The minimum atomic E-state index is 0.0557. The maximum atomic E-state index is 12.0. The van der Waals surface area contributed by atoms with Crippen LogP contribution < -0.4 is 5.32 Å². The van der Waals surface area contributed by atoms with E-state index in [0.29, 0.717) is 19.0 Å². The van der Waals surface area contributed by atoms with Crippen LogP contribution in [0.2, 0.25) is 0 Å². The van der Waals surface area contributed by atoms with Gasteiger partial charge in [-0.05, 0) is 30.5 Å². The Morgan fingerprint density at radius 1 is 1.25 bits per heavy atom. The standard InChI is InChI=1S/C19H28N4O/c1-15(2)18-7-5-16(6-8-18)9-10-20-19(24)14-22(3)12-17-11-21-23(4)13-17/h5-8,11,13,15H,9-10,12,14H2,1-4H3,(H,20,24). The number of hydrogen-bond donors (Lipinski definition) is 1. The monoisotopic (exact) mass is 328 g/mol. The number of hydrogen-bond acceptors (Lipinski definition) is 3. The molecule has 0 unspecified atom stereocenters. The molecule has 24 heavy (non-hydrogen) atoms. The molecule has 0 spiro atoms. The predicted octanol–water partition coefficient (Wildman–Crippen LogP) is 2.33. The molecule has 2 rings (SSSR count). The molecule has 1 N–H and O–H groups in total. The molecule has 1 aromatic carbocycles. The predicted molar refractivity (Wildman–Crippen MR) is 96.8 cm³/mol. The zero-order chi connectivity index (χ0) is 17.5. The van der Waals surface area contributed by atoms with E-state index in [-0.39, 0.29) is 5.91 Å². The van der Waals surface area contributed by atoms with Crippen LogP contribution in [0.15, 0.2) is 36.7 Å². The Bertz CT molecular complexity index is 646. The van der Waals surface area contributed by atoms with Crippen LogP contribution in [0.1, 0.15) is 36.5 Å². The molecule has 0 fully saturated rings. The topological polar surface area (TPSA) is 50.2 Å². The molecule has 1 aromatic heterocycles. The highest BCUT2D eigenvalue weighted by atomic mass is 16.2. The highest BCUT2D eigenvalue weighted by molar-refractivity contribution is 5.77. The van der Waals surface area contributed by atoms with Gasteiger partial charge in [-0.3, -0.25) is 14.4 Å². The highest BCUT2D eigenvalue weighted by Gasteiger charge is 2.08. The van der Waals surface area contributed by atoms with Gasteiger partial charge in [0.2, 0.25) is 5.91 Å². The van der Waals surface area contributed by atoms with E-state index in [9.17, 15) is 4.79 Å². The third-order valence-electron chi connectivity index (χ3n) is 4.01. The largest absolute Gasteiger partial charge is 0.355 e. The van der Waals surface area contributed by atoms with Gasteiger partial charge in [-0.15, -0.1) is 0 Å². The number of nitrogens with one attached hydrogen (secondary N) is 1. The summed E-state index contributed by atoms with van der Waals surface area (Å²) in [7, 11) is 3.83. The Morgan fingerprint density at radius 2 is 1.96 bits per heavy atom. The van der Waals surface area contributed by atoms with Gasteiger partial charge in [-0.25, -0.2) is 0 Å². The van der Waals surface area contributed by atoms with E-state index in [0.717, 1.165) is 18.5 Å². The molecule has 0 aliphatic rings. The summed E-state index contributed by atoms with van der Waals surface area (Å²) < 4.78 is 1.77. The Labute approximate surface area is 144 Å². The van der Waals surface area contributed by atoms with Crippen LogP contribution in [0.4, 0.5) is 0 Å². The van der Waals surface area contributed by atoms with Gasteiger partial charge in [0.25, 0.3) is 0 Å². The van der Waals surface area contributed by atoms with E-state index in [1.54, 1.807) is 4.68 Å². The molecular formula is C19H28N4O. The second-order valence-corrected chi connectivity index (χ2v) is 6.69. The smallest absolute Gasteiger partial charge is 0.234 e. The van der Waals surface area contributed by atoms with Crippen LogP contribution in [0.3, 0.4) is 0 Å². The number of aromatic nitrogens is 2. The van der Waals surface area contributed by atoms with Gasteiger partial charge in [-0.2, -0.15) is 5.10 Å². The van der Waals surface area contributed by atoms with Crippen molar-refractivity contribution in [3.63, 3.8) is 0 Å². The summed E-state index contributed by atoms with van der Waals surface area (Å²) in [5.74, 6) is 0.606. The number of likely N-dealkylation sites (N-methyl/N-ethyl adjacent to an activating group) is 1. The summed E-state index contributed by atoms with van der Waals surface area (Å²) >= 11 is 0. The number of carbonyl (C=O) groups excluding carboxylic acids is 1. The zero-order valence-corrected chi connectivity index (χ0v) is 15.1. The first-order chi connectivity index (χ1) is 11.4. The van der Waals surface area contributed by atoms with Gasteiger partial charge in [-0.1, -0.05) is 38.1 Å². The second kappa shape index (κ2) is 8.64. The molecule has 2 aromatic rings. The Balaban J connectivity index is 1.69. The fourth-order valence-corrected chi connectivity index (χ4v) is 2.64. The highest BCUT2D eigenvalue weighted by Crippen LogP contribution is 2.14.